The maximum absolute atomic E-state index is 13.1. The fraction of sp³-hybridized carbons (Fsp3) is 0.286. The Hall–Kier alpha value is -1.82. The molecule has 1 aromatic heterocycles. The van der Waals surface area contributed by atoms with Crippen LogP contribution in [0.2, 0.25) is 0 Å². The average Bonchev–Trinajstić information content (AvgIpc) is 2.75. The summed E-state index contributed by atoms with van der Waals surface area (Å²) < 4.78 is 15.1. The van der Waals surface area contributed by atoms with E-state index in [4.69, 9.17) is 5.11 Å². The van der Waals surface area contributed by atoms with Crippen molar-refractivity contribution in [2.45, 2.75) is 25.0 Å². The molecule has 20 heavy (non-hydrogen) atoms. The number of aryl methyl sites for hydroxylation is 2. The number of aliphatic carboxylic acids is 1. The summed E-state index contributed by atoms with van der Waals surface area (Å²) in [5.41, 5.74) is 1.88. The van der Waals surface area contributed by atoms with Gasteiger partial charge in [-0.25, -0.2) is 9.37 Å². The zero-order valence-electron chi connectivity index (χ0n) is 11.0. The topological polar surface area (TPSA) is 55.1 Å². The molecule has 0 aliphatic carbocycles. The van der Waals surface area contributed by atoms with Crippen molar-refractivity contribution in [3.05, 3.63) is 47.5 Å². The third kappa shape index (κ3) is 3.84. The number of hydrogen-bond donors (Lipinski definition) is 1. The first-order chi connectivity index (χ1) is 9.56. The van der Waals surface area contributed by atoms with Gasteiger partial charge in [-0.15, -0.1) is 0 Å². The summed E-state index contributed by atoms with van der Waals surface area (Å²) in [6.07, 6.45) is 2.39. The Balaban J connectivity index is 2.05. The molecule has 1 aromatic carbocycles. The summed E-state index contributed by atoms with van der Waals surface area (Å²) in [7, 11) is 0. The molecule has 0 saturated carbocycles. The molecule has 6 heteroatoms. The van der Waals surface area contributed by atoms with Gasteiger partial charge in [0.25, 0.3) is 0 Å². The molecule has 0 aliphatic heterocycles. The van der Waals surface area contributed by atoms with Crippen LogP contribution < -0.4 is 0 Å². The Morgan fingerprint density at radius 1 is 1.50 bits per heavy atom. The van der Waals surface area contributed by atoms with Gasteiger partial charge in [-0.3, -0.25) is 4.79 Å². The minimum atomic E-state index is -0.868. The van der Waals surface area contributed by atoms with E-state index < -0.39 is 5.97 Å². The number of benzene rings is 1. The minimum Gasteiger partial charge on any atom is -0.481 e. The summed E-state index contributed by atoms with van der Waals surface area (Å²) >= 11 is 1.19. The van der Waals surface area contributed by atoms with Crippen LogP contribution in [0.4, 0.5) is 4.39 Å². The van der Waals surface area contributed by atoms with Crippen LogP contribution in [-0.4, -0.2) is 26.4 Å². The van der Waals surface area contributed by atoms with Crippen LogP contribution in [0.5, 0.6) is 0 Å². The molecular weight excluding hydrogens is 279 g/mol. The predicted molar refractivity (Wildman–Crippen MR) is 75.4 cm³/mol. The van der Waals surface area contributed by atoms with Crippen molar-refractivity contribution >= 4 is 17.7 Å². The Labute approximate surface area is 120 Å². The Morgan fingerprint density at radius 2 is 2.30 bits per heavy atom. The smallest absolute Gasteiger partial charge is 0.313 e. The number of hydrogen-bond acceptors (Lipinski definition) is 3. The van der Waals surface area contributed by atoms with E-state index in [0.29, 0.717) is 18.1 Å². The van der Waals surface area contributed by atoms with Gasteiger partial charge in [0, 0.05) is 18.4 Å². The maximum atomic E-state index is 13.1. The summed E-state index contributed by atoms with van der Waals surface area (Å²) in [5, 5.41) is 9.39. The lowest BCUT2D eigenvalue weighted by atomic mass is 10.1. The van der Waals surface area contributed by atoms with Crippen LogP contribution >= 0.6 is 11.8 Å². The lowest BCUT2D eigenvalue weighted by molar-refractivity contribution is -0.133. The molecule has 0 fully saturated rings. The van der Waals surface area contributed by atoms with E-state index in [-0.39, 0.29) is 11.6 Å². The molecule has 0 atom stereocenters. The summed E-state index contributed by atoms with van der Waals surface area (Å²) in [4.78, 5) is 14.8. The normalized spacial score (nSPS) is 10.7. The zero-order chi connectivity index (χ0) is 14.5. The number of carbonyl (C=O) groups is 1. The number of aromatic nitrogens is 2. The lowest BCUT2D eigenvalue weighted by Crippen LogP contribution is -2.07. The molecule has 0 unspecified atom stereocenters. The molecule has 1 heterocycles. The highest BCUT2D eigenvalue weighted by atomic mass is 32.2. The monoisotopic (exact) mass is 294 g/mol. The maximum Gasteiger partial charge on any atom is 0.313 e. The van der Waals surface area contributed by atoms with Gasteiger partial charge in [0.2, 0.25) is 0 Å². The van der Waals surface area contributed by atoms with Crippen LogP contribution in [0.3, 0.4) is 0 Å². The number of halogens is 1. The Bertz CT molecular complexity index is 613. The molecule has 0 amide bonds. The second-order valence-electron chi connectivity index (χ2n) is 4.40. The quantitative estimate of drug-likeness (QED) is 0.832. The molecule has 1 N–H and O–H groups in total. The summed E-state index contributed by atoms with van der Waals surface area (Å²) in [6, 6.07) is 6.49. The fourth-order valence-corrected chi connectivity index (χ4v) is 2.66. The number of nitrogens with zero attached hydrogens (tertiary/aromatic N) is 2. The molecule has 2 rings (SSSR count). The Kier molecular flexibility index (Phi) is 4.79. The lowest BCUT2D eigenvalue weighted by Gasteiger charge is -2.09. The molecule has 0 radical (unpaired) electrons. The average molecular weight is 294 g/mol. The number of rotatable bonds is 6. The minimum absolute atomic E-state index is 0.0174. The van der Waals surface area contributed by atoms with Crippen molar-refractivity contribution in [2.24, 2.45) is 0 Å². The second kappa shape index (κ2) is 6.56. The van der Waals surface area contributed by atoms with Gasteiger partial charge in [-0.2, -0.15) is 0 Å². The van der Waals surface area contributed by atoms with E-state index in [9.17, 15) is 9.18 Å². The van der Waals surface area contributed by atoms with Crippen molar-refractivity contribution < 1.29 is 14.3 Å². The van der Waals surface area contributed by atoms with Crippen molar-refractivity contribution in [1.82, 2.24) is 9.55 Å². The van der Waals surface area contributed by atoms with Crippen molar-refractivity contribution in [3.63, 3.8) is 0 Å². The van der Waals surface area contributed by atoms with Crippen molar-refractivity contribution in [2.75, 3.05) is 5.75 Å². The molecular formula is C14H15FN2O2S. The van der Waals surface area contributed by atoms with Gasteiger partial charge in [0.05, 0.1) is 5.75 Å². The first-order valence-electron chi connectivity index (χ1n) is 6.17. The van der Waals surface area contributed by atoms with Crippen LogP contribution in [0.1, 0.15) is 11.3 Å². The third-order valence-electron chi connectivity index (χ3n) is 2.86. The molecule has 106 valence electrons. The van der Waals surface area contributed by atoms with E-state index in [1.807, 2.05) is 17.6 Å². The fourth-order valence-electron chi connectivity index (χ4n) is 1.89. The molecule has 0 spiro atoms. The standard InChI is InChI=1S/C14H15FN2O2S/c1-10-8-16-14(20-9-13(18)19)17(10)6-5-11-3-2-4-12(15)7-11/h2-4,7-8H,5-6,9H2,1H3,(H,18,19). The molecule has 2 aromatic rings. The van der Waals surface area contributed by atoms with Crippen LogP contribution in [0, 0.1) is 12.7 Å². The van der Waals surface area contributed by atoms with E-state index in [2.05, 4.69) is 4.98 Å². The summed E-state index contributed by atoms with van der Waals surface area (Å²) in [5.74, 6) is -1.13. The van der Waals surface area contributed by atoms with Crippen LogP contribution in [0.25, 0.3) is 0 Å². The van der Waals surface area contributed by atoms with E-state index in [1.165, 1.54) is 23.9 Å². The Morgan fingerprint density at radius 3 is 3.00 bits per heavy atom. The van der Waals surface area contributed by atoms with E-state index in [0.717, 1.165) is 11.3 Å². The number of carboxylic acids is 1. The summed E-state index contributed by atoms with van der Waals surface area (Å²) in [6.45, 7) is 2.57. The van der Waals surface area contributed by atoms with Gasteiger partial charge in [0.1, 0.15) is 5.82 Å². The highest BCUT2D eigenvalue weighted by Gasteiger charge is 2.09. The first-order valence-corrected chi connectivity index (χ1v) is 7.16. The highest BCUT2D eigenvalue weighted by molar-refractivity contribution is 7.99. The van der Waals surface area contributed by atoms with E-state index >= 15 is 0 Å². The second-order valence-corrected chi connectivity index (χ2v) is 5.34. The number of carboxylic acid groups (broad SMARTS) is 1. The third-order valence-corrected chi connectivity index (χ3v) is 3.83. The van der Waals surface area contributed by atoms with Gasteiger partial charge in [-0.1, -0.05) is 23.9 Å². The van der Waals surface area contributed by atoms with Gasteiger partial charge in [0.15, 0.2) is 5.16 Å². The van der Waals surface area contributed by atoms with Gasteiger partial charge >= 0.3 is 5.97 Å². The van der Waals surface area contributed by atoms with Crippen LogP contribution in [-0.2, 0) is 17.8 Å². The SMILES string of the molecule is Cc1cnc(SCC(=O)O)n1CCc1cccc(F)c1. The number of imidazole rings is 1. The van der Waals surface area contributed by atoms with Crippen molar-refractivity contribution in [3.8, 4) is 0 Å². The molecule has 0 aliphatic rings. The number of thioether (sulfide) groups is 1. The van der Waals surface area contributed by atoms with Gasteiger partial charge < -0.3 is 9.67 Å². The van der Waals surface area contributed by atoms with Gasteiger partial charge in [-0.05, 0) is 31.0 Å². The molecule has 0 bridgehead atoms. The highest BCUT2D eigenvalue weighted by Crippen LogP contribution is 2.19. The largest absolute Gasteiger partial charge is 0.481 e. The first kappa shape index (κ1) is 14.6. The van der Waals surface area contributed by atoms with E-state index in [1.54, 1.807) is 12.3 Å². The molecule has 0 saturated heterocycles. The molecule has 4 nitrogen and oxygen atoms in total. The predicted octanol–water partition coefficient (Wildman–Crippen LogP) is 2.75. The zero-order valence-corrected chi connectivity index (χ0v) is 11.9. The van der Waals surface area contributed by atoms with Crippen molar-refractivity contribution in [1.29, 1.82) is 0 Å². The van der Waals surface area contributed by atoms with Crippen LogP contribution in [0.15, 0.2) is 35.6 Å².